The Bertz CT molecular complexity index is 680. The third-order valence-corrected chi connectivity index (χ3v) is 5.90. The molecule has 3 N–H and O–H groups in total. The molecule has 7 nitrogen and oxygen atoms in total. The number of piperidine rings is 1. The zero-order valence-electron chi connectivity index (χ0n) is 15.2. The lowest BCUT2D eigenvalue weighted by molar-refractivity contribution is 0.0583. The van der Waals surface area contributed by atoms with Crippen molar-refractivity contribution in [2.45, 2.75) is 43.2 Å². The van der Waals surface area contributed by atoms with Crippen molar-refractivity contribution in [1.82, 2.24) is 9.62 Å². The lowest BCUT2D eigenvalue weighted by Crippen LogP contribution is -2.51. The first-order chi connectivity index (χ1) is 11.9. The molecular formula is C17H28ClN3O4S. The molecule has 1 aromatic rings. The zero-order chi connectivity index (χ0) is 18.4. The molecule has 2 rings (SSSR count). The quantitative estimate of drug-likeness (QED) is 0.667. The van der Waals surface area contributed by atoms with Crippen molar-refractivity contribution in [1.29, 1.82) is 0 Å². The van der Waals surface area contributed by atoms with Crippen molar-refractivity contribution in [3.63, 3.8) is 0 Å². The lowest BCUT2D eigenvalue weighted by Gasteiger charge is -2.38. The Labute approximate surface area is 161 Å². The van der Waals surface area contributed by atoms with Crippen molar-refractivity contribution in [2.24, 2.45) is 5.73 Å². The van der Waals surface area contributed by atoms with Gasteiger partial charge in [0.2, 0.25) is 10.0 Å². The van der Waals surface area contributed by atoms with Gasteiger partial charge >= 0.3 is 0 Å². The van der Waals surface area contributed by atoms with Gasteiger partial charge in [0, 0.05) is 37.8 Å². The minimum atomic E-state index is -3.60. The second-order valence-corrected chi connectivity index (χ2v) is 8.10. The lowest BCUT2D eigenvalue weighted by atomic mass is 9.96. The van der Waals surface area contributed by atoms with E-state index in [0.29, 0.717) is 18.7 Å². The first-order valence-corrected chi connectivity index (χ1v) is 10.0. The van der Waals surface area contributed by atoms with E-state index in [1.807, 2.05) is 11.8 Å². The van der Waals surface area contributed by atoms with Crippen molar-refractivity contribution < 1.29 is 17.9 Å². The van der Waals surface area contributed by atoms with E-state index in [1.165, 1.54) is 19.2 Å². The van der Waals surface area contributed by atoms with E-state index in [2.05, 4.69) is 4.72 Å². The van der Waals surface area contributed by atoms with Gasteiger partial charge in [-0.15, -0.1) is 12.4 Å². The molecule has 2 atom stereocenters. The summed E-state index contributed by atoms with van der Waals surface area (Å²) in [4.78, 5) is 14.7. The average molecular weight is 406 g/mol. The van der Waals surface area contributed by atoms with Gasteiger partial charge in [-0.3, -0.25) is 4.79 Å². The molecule has 26 heavy (non-hydrogen) atoms. The van der Waals surface area contributed by atoms with Crippen LogP contribution in [0.15, 0.2) is 29.2 Å². The number of carbonyl (C=O) groups is 1. The Morgan fingerprint density at radius 3 is 2.58 bits per heavy atom. The minimum Gasteiger partial charge on any atom is -0.383 e. The smallest absolute Gasteiger partial charge is 0.254 e. The molecule has 2 unspecified atom stereocenters. The van der Waals surface area contributed by atoms with Gasteiger partial charge in [-0.1, -0.05) is 0 Å². The number of benzene rings is 1. The highest BCUT2D eigenvalue weighted by Gasteiger charge is 2.29. The minimum absolute atomic E-state index is 0. The number of ether oxygens (including phenoxy) is 1. The molecule has 9 heteroatoms. The van der Waals surface area contributed by atoms with Crippen molar-refractivity contribution in [3.05, 3.63) is 29.8 Å². The van der Waals surface area contributed by atoms with Crippen LogP contribution in [0.4, 0.5) is 0 Å². The summed E-state index contributed by atoms with van der Waals surface area (Å²) >= 11 is 0. The maximum atomic E-state index is 12.8. The third-order valence-electron chi connectivity index (χ3n) is 4.43. The highest BCUT2D eigenvalue weighted by Crippen LogP contribution is 2.22. The summed E-state index contributed by atoms with van der Waals surface area (Å²) in [5, 5.41) is 0. The Balaban J connectivity index is 0.00000338. The number of nitrogens with zero attached hydrogens (tertiary/aromatic N) is 1. The Kier molecular flexibility index (Phi) is 8.99. The average Bonchev–Trinajstić information content (AvgIpc) is 2.61. The van der Waals surface area contributed by atoms with E-state index >= 15 is 0 Å². The number of sulfonamides is 1. The number of nitrogens with one attached hydrogen (secondary N) is 1. The molecule has 0 bridgehead atoms. The number of methoxy groups -OCH3 is 1. The molecule has 0 aromatic heterocycles. The molecule has 1 aliphatic rings. The van der Waals surface area contributed by atoms with Crippen molar-refractivity contribution in [3.8, 4) is 0 Å². The van der Waals surface area contributed by atoms with Gasteiger partial charge in [0.05, 0.1) is 11.5 Å². The molecule has 1 aliphatic heterocycles. The molecular weight excluding hydrogens is 378 g/mol. The summed E-state index contributed by atoms with van der Waals surface area (Å²) in [6.45, 7) is 3.09. The largest absolute Gasteiger partial charge is 0.383 e. The van der Waals surface area contributed by atoms with E-state index in [0.717, 1.165) is 19.3 Å². The van der Waals surface area contributed by atoms with E-state index < -0.39 is 10.0 Å². The maximum Gasteiger partial charge on any atom is 0.254 e. The Morgan fingerprint density at radius 2 is 2.00 bits per heavy atom. The van der Waals surface area contributed by atoms with Crippen LogP contribution in [-0.2, 0) is 14.8 Å². The standard InChI is InChI=1S/C17H27N3O4S.ClH/c1-13(18)16-5-3-4-11-20(16)17(21)14-6-8-15(9-7-14)25(22,23)19-10-12-24-2;/h6-9,13,16,19H,3-5,10-12,18H2,1-2H3;1H. The Hall–Kier alpha value is -1.19. The van der Waals surface area contributed by atoms with E-state index in [1.54, 1.807) is 12.1 Å². The van der Waals surface area contributed by atoms with Gasteiger partial charge < -0.3 is 15.4 Å². The van der Waals surface area contributed by atoms with Gasteiger partial charge in [0.1, 0.15) is 0 Å². The number of rotatable bonds is 7. The van der Waals surface area contributed by atoms with E-state index in [4.69, 9.17) is 10.5 Å². The van der Waals surface area contributed by atoms with Crippen LogP contribution in [0.1, 0.15) is 36.5 Å². The highest BCUT2D eigenvalue weighted by atomic mass is 35.5. The predicted octanol–water partition coefficient (Wildman–Crippen LogP) is 1.37. The number of hydrogen-bond donors (Lipinski definition) is 2. The fraction of sp³-hybridized carbons (Fsp3) is 0.588. The van der Waals surface area contributed by atoms with Crippen LogP contribution in [-0.4, -0.2) is 58.1 Å². The third kappa shape index (κ3) is 5.65. The molecule has 1 heterocycles. The topological polar surface area (TPSA) is 102 Å². The second kappa shape index (κ2) is 10.2. The molecule has 0 aliphatic carbocycles. The van der Waals surface area contributed by atoms with E-state index in [-0.39, 0.29) is 41.8 Å². The SMILES string of the molecule is COCCNS(=O)(=O)c1ccc(C(=O)N2CCCCC2C(C)N)cc1.Cl. The van der Waals surface area contributed by atoms with Crippen LogP contribution < -0.4 is 10.5 Å². The van der Waals surface area contributed by atoms with Crippen molar-refractivity contribution in [2.75, 3.05) is 26.8 Å². The molecule has 0 spiro atoms. The van der Waals surface area contributed by atoms with Gasteiger partial charge in [0.15, 0.2) is 0 Å². The summed E-state index contributed by atoms with van der Waals surface area (Å²) < 4.78 is 31.6. The fourth-order valence-corrected chi connectivity index (χ4v) is 4.07. The van der Waals surface area contributed by atoms with Gasteiger partial charge in [-0.25, -0.2) is 13.1 Å². The van der Waals surface area contributed by atoms with Crippen LogP contribution in [0.3, 0.4) is 0 Å². The first-order valence-electron chi connectivity index (χ1n) is 8.52. The number of carbonyl (C=O) groups excluding carboxylic acids is 1. The van der Waals surface area contributed by atoms with Crippen LogP contribution >= 0.6 is 12.4 Å². The van der Waals surface area contributed by atoms with E-state index in [9.17, 15) is 13.2 Å². The number of amides is 1. The summed E-state index contributed by atoms with van der Waals surface area (Å²) in [5.74, 6) is -0.0988. The van der Waals surface area contributed by atoms with Gasteiger partial charge in [0.25, 0.3) is 5.91 Å². The number of hydrogen-bond acceptors (Lipinski definition) is 5. The van der Waals surface area contributed by atoms with Crippen LogP contribution in [0, 0.1) is 0 Å². The Morgan fingerprint density at radius 1 is 1.35 bits per heavy atom. The molecule has 148 valence electrons. The number of halogens is 1. The highest BCUT2D eigenvalue weighted by molar-refractivity contribution is 7.89. The monoisotopic (exact) mass is 405 g/mol. The van der Waals surface area contributed by atoms with Crippen LogP contribution in [0.25, 0.3) is 0 Å². The summed E-state index contributed by atoms with van der Waals surface area (Å²) in [6.07, 6.45) is 2.93. The van der Waals surface area contributed by atoms with Gasteiger partial charge in [-0.05, 0) is 50.5 Å². The van der Waals surface area contributed by atoms with Gasteiger partial charge in [-0.2, -0.15) is 0 Å². The second-order valence-electron chi connectivity index (χ2n) is 6.34. The number of nitrogens with two attached hydrogens (primary N) is 1. The fourth-order valence-electron chi connectivity index (χ4n) is 3.06. The van der Waals surface area contributed by atoms with Crippen LogP contribution in [0.2, 0.25) is 0 Å². The summed E-state index contributed by atoms with van der Waals surface area (Å²) in [5.41, 5.74) is 6.50. The normalized spacial score (nSPS) is 18.9. The van der Waals surface area contributed by atoms with Crippen LogP contribution in [0.5, 0.6) is 0 Å². The summed E-state index contributed by atoms with van der Waals surface area (Å²) in [7, 11) is -2.09. The van der Waals surface area contributed by atoms with Crippen molar-refractivity contribution >= 4 is 28.3 Å². The zero-order valence-corrected chi connectivity index (χ0v) is 16.8. The summed E-state index contributed by atoms with van der Waals surface area (Å²) in [6, 6.07) is 5.95. The number of likely N-dealkylation sites (tertiary alicyclic amines) is 1. The molecule has 1 fully saturated rings. The predicted molar refractivity (Wildman–Crippen MR) is 103 cm³/mol. The molecule has 0 radical (unpaired) electrons. The first kappa shape index (κ1) is 22.9. The molecule has 0 saturated carbocycles. The molecule has 1 aromatic carbocycles. The molecule has 1 saturated heterocycles. The molecule has 1 amide bonds. The maximum absolute atomic E-state index is 12.8.